The van der Waals surface area contributed by atoms with Gasteiger partial charge in [0.15, 0.2) is 0 Å². The zero-order valence-electron chi connectivity index (χ0n) is 13.4. The predicted octanol–water partition coefficient (Wildman–Crippen LogP) is 2.39. The van der Waals surface area contributed by atoms with Crippen LogP contribution in [0.4, 0.5) is 0 Å². The zero-order chi connectivity index (χ0) is 15.7. The van der Waals surface area contributed by atoms with Crippen LogP contribution in [0.25, 0.3) is 0 Å². The lowest BCUT2D eigenvalue weighted by molar-refractivity contribution is -0.142. The van der Waals surface area contributed by atoms with E-state index in [4.69, 9.17) is 0 Å². The van der Waals surface area contributed by atoms with Crippen molar-refractivity contribution in [2.45, 2.75) is 39.2 Å². The van der Waals surface area contributed by atoms with E-state index in [2.05, 4.69) is 25.1 Å². The summed E-state index contributed by atoms with van der Waals surface area (Å²) in [5.74, 6) is 0.394. The molecule has 2 amide bonds. The van der Waals surface area contributed by atoms with Crippen LogP contribution in [0, 0.1) is 5.92 Å². The second-order valence-electron chi connectivity index (χ2n) is 6.34. The molecule has 1 aliphatic carbocycles. The van der Waals surface area contributed by atoms with Crippen molar-refractivity contribution in [2.75, 3.05) is 19.6 Å². The van der Waals surface area contributed by atoms with E-state index in [-0.39, 0.29) is 30.3 Å². The van der Waals surface area contributed by atoms with Crippen molar-refractivity contribution in [3.63, 3.8) is 0 Å². The molecular weight excluding hydrogens is 276 g/mol. The van der Waals surface area contributed by atoms with Crippen LogP contribution < -0.4 is 0 Å². The summed E-state index contributed by atoms with van der Waals surface area (Å²) in [6, 6.07) is 8.41. The van der Waals surface area contributed by atoms with Gasteiger partial charge in [-0.2, -0.15) is 0 Å². The minimum absolute atomic E-state index is 0.0675. The molecule has 0 bridgehead atoms. The molecule has 4 nitrogen and oxygen atoms in total. The van der Waals surface area contributed by atoms with Gasteiger partial charge < -0.3 is 9.80 Å². The fraction of sp³-hybridized carbons (Fsp3) is 0.556. The van der Waals surface area contributed by atoms with Crippen LogP contribution >= 0.6 is 0 Å². The Bertz CT molecular complexity index is 580. The smallest absolute Gasteiger partial charge is 0.242 e. The number of fused-ring (bicyclic) bond motifs is 1. The second-order valence-corrected chi connectivity index (χ2v) is 6.34. The molecule has 4 heteroatoms. The molecule has 1 aromatic rings. The van der Waals surface area contributed by atoms with Gasteiger partial charge in [-0.15, -0.1) is 0 Å². The molecule has 1 atom stereocenters. The minimum Gasteiger partial charge on any atom is -0.334 e. The van der Waals surface area contributed by atoms with E-state index in [1.807, 2.05) is 17.9 Å². The van der Waals surface area contributed by atoms with Gasteiger partial charge in [0.05, 0.1) is 12.6 Å². The van der Waals surface area contributed by atoms with Crippen LogP contribution in [0.5, 0.6) is 0 Å². The largest absolute Gasteiger partial charge is 0.334 e. The van der Waals surface area contributed by atoms with Crippen LogP contribution in [0.2, 0.25) is 0 Å². The monoisotopic (exact) mass is 300 g/mol. The molecule has 0 aromatic heterocycles. The number of nitrogens with zero attached hydrogens (tertiary/aromatic N) is 2. The number of rotatable bonds is 4. The summed E-state index contributed by atoms with van der Waals surface area (Å²) in [4.78, 5) is 28.5. The van der Waals surface area contributed by atoms with E-state index in [0.717, 1.165) is 25.8 Å². The summed E-state index contributed by atoms with van der Waals surface area (Å²) in [6.07, 6.45) is 2.86. The highest BCUT2D eigenvalue weighted by Gasteiger charge is 2.35. The minimum atomic E-state index is 0.0675. The van der Waals surface area contributed by atoms with E-state index in [9.17, 15) is 9.59 Å². The molecular formula is C18H24N2O2. The SMILES string of the molecule is CCN(CC(=O)N1CCc2ccccc2C1C)C(=O)C1CC1. The zero-order valence-corrected chi connectivity index (χ0v) is 13.4. The van der Waals surface area contributed by atoms with Gasteiger partial charge in [0, 0.05) is 19.0 Å². The van der Waals surface area contributed by atoms with Crippen molar-refractivity contribution >= 4 is 11.8 Å². The fourth-order valence-corrected chi connectivity index (χ4v) is 3.30. The molecule has 2 aliphatic rings. The Morgan fingerprint density at radius 2 is 2.00 bits per heavy atom. The first-order valence-electron chi connectivity index (χ1n) is 8.28. The highest BCUT2D eigenvalue weighted by molar-refractivity contribution is 5.87. The summed E-state index contributed by atoms with van der Waals surface area (Å²) in [5.41, 5.74) is 2.57. The van der Waals surface area contributed by atoms with Gasteiger partial charge in [0.25, 0.3) is 0 Å². The molecule has 22 heavy (non-hydrogen) atoms. The third kappa shape index (κ3) is 2.87. The third-order valence-electron chi connectivity index (χ3n) is 4.86. The van der Waals surface area contributed by atoms with Gasteiger partial charge in [0.2, 0.25) is 11.8 Å². The molecule has 1 unspecified atom stereocenters. The Morgan fingerprint density at radius 3 is 2.68 bits per heavy atom. The quantitative estimate of drug-likeness (QED) is 0.856. The van der Waals surface area contributed by atoms with E-state index in [1.54, 1.807) is 4.90 Å². The number of carbonyl (C=O) groups excluding carboxylic acids is 2. The Kier molecular flexibility index (Phi) is 4.19. The van der Waals surface area contributed by atoms with Crippen LogP contribution in [0.15, 0.2) is 24.3 Å². The number of carbonyl (C=O) groups is 2. The normalized spacial score (nSPS) is 20.5. The average Bonchev–Trinajstić information content (AvgIpc) is 3.37. The van der Waals surface area contributed by atoms with Crippen LogP contribution in [0.3, 0.4) is 0 Å². The van der Waals surface area contributed by atoms with Crippen LogP contribution in [-0.2, 0) is 16.0 Å². The Balaban J connectivity index is 1.68. The number of benzene rings is 1. The standard InChI is InChI=1S/C18H24N2O2/c1-3-19(18(22)15-8-9-15)12-17(21)20-11-10-14-6-4-5-7-16(14)13(20)2/h4-7,13,15H,3,8-12H2,1-2H3. The summed E-state index contributed by atoms with van der Waals surface area (Å²) >= 11 is 0. The molecule has 0 N–H and O–H groups in total. The number of amides is 2. The average molecular weight is 300 g/mol. The van der Waals surface area contributed by atoms with Crippen molar-refractivity contribution in [1.29, 1.82) is 0 Å². The summed E-state index contributed by atoms with van der Waals surface area (Å²) < 4.78 is 0. The first-order valence-corrected chi connectivity index (χ1v) is 8.28. The number of hydrogen-bond donors (Lipinski definition) is 0. The maximum absolute atomic E-state index is 12.7. The lowest BCUT2D eigenvalue weighted by Gasteiger charge is -2.36. The van der Waals surface area contributed by atoms with Gasteiger partial charge in [-0.1, -0.05) is 24.3 Å². The number of likely N-dealkylation sites (N-methyl/N-ethyl adjacent to an activating group) is 1. The van der Waals surface area contributed by atoms with Gasteiger partial charge in [0.1, 0.15) is 0 Å². The molecule has 118 valence electrons. The molecule has 0 spiro atoms. The molecule has 1 saturated carbocycles. The van der Waals surface area contributed by atoms with Crippen LogP contribution in [-0.4, -0.2) is 41.2 Å². The molecule has 1 aromatic carbocycles. The highest BCUT2D eigenvalue weighted by atomic mass is 16.2. The second kappa shape index (κ2) is 6.11. The Labute approximate surface area is 132 Å². The van der Waals surface area contributed by atoms with E-state index in [1.165, 1.54) is 11.1 Å². The first-order chi connectivity index (χ1) is 10.6. The summed E-state index contributed by atoms with van der Waals surface area (Å²) in [5, 5.41) is 0. The molecule has 1 aliphatic heterocycles. The molecule has 1 heterocycles. The summed E-state index contributed by atoms with van der Waals surface area (Å²) in [6.45, 7) is 5.60. The van der Waals surface area contributed by atoms with Crippen molar-refractivity contribution in [3.8, 4) is 0 Å². The van der Waals surface area contributed by atoms with E-state index < -0.39 is 0 Å². The molecule has 0 saturated heterocycles. The lowest BCUT2D eigenvalue weighted by atomic mass is 9.93. The third-order valence-corrected chi connectivity index (χ3v) is 4.86. The maximum atomic E-state index is 12.7. The predicted molar refractivity (Wildman–Crippen MR) is 85.3 cm³/mol. The molecule has 0 radical (unpaired) electrons. The summed E-state index contributed by atoms with van der Waals surface area (Å²) in [7, 11) is 0. The highest BCUT2D eigenvalue weighted by Crippen LogP contribution is 2.32. The van der Waals surface area contributed by atoms with Gasteiger partial charge in [-0.3, -0.25) is 9.59 Å². The lowest BCUT2D eigenvalue weighted by Crippen LogP contribution is -2.46. The van der Waals surface area contributed by atoms with E-state index in [0.29, 0.717) is 6.54 Å². The van der Waals surface area contributed by atoms with Gasteiger partial charge >= 0.3 is 0 Å². The van der Waals surface area contributed by atoms with Crippen molar-refractivity contribution < 1.29 is 9.59 Å². The topological polar surface area (TPSA) is 40.6 Å². The Hall–Kier alpha value is -1.84. The maximum Gasteiger partial charge on any atom is 0.242 e. The van der Waals surface area contributed by atoms with Crippen molar-refractivity contribution in [2.24, 2.45) is 5.92 Å². The molecule has 3 rings (SSSR count). The van der Waals surface area contributed by atoms with Crippen molar-refractivity contribution in [1.82, 2.24) is 9.80 Å². The Morgan fingerprint density at radius 1 is 1.27 bits per heavy atom. The first kappa shape index (κ1) is 15.1. The number of hydrogen-bond acceptors (Lipinski definition) is 2. The van der Waals surface area contributed by atoms with Gasteiger partial charge in [-0.25, -0.2) is 0 Å². The fourth-order valence-electron chi connectivity index (χ4n) is 3.30. The van der Waals surface area contributed by atoms with Crippen LogP contribution in [0.1, 0.15) is 43.9 Å². The van der Waals surface area contributed by atoms with Gasteiger partial charge in [-0.05, 0) is 44.2 Å². The van der Waals surface area contributed by atoms with Crippen molar-refractivity contribution in [3.05, 3.63) is 35.4 Å². The molecule has 1 fully saturated rings. The van der Waals surface area contributed by atoms with E-state index >= 15 is 0 Å².